The summed E-state index contributed by atoms with van der Waals surface area (Å²) in [7, 11) is 0. The van der Waals surface area contributed by atoms with Gasteiger partial charge in [-0.05, 0) is 48.1 Å². The van der Waals surface area contributed by atoms with Crippen molar-refractivity contribution in [3.05, 3.63) is 56.2 Å². The van der Waals surface area contributed by atoms with E-state index >= 15 is 0 Å². The van der Waals surface area contributed by atoms with Crippen LogP contribution in [0.3, 0.4) is 0 Å². The molecule has 90 valence electrons. The van der Waals surface area contributed by atoms with Crippen LogP contribution in [0.1, 0.15) is 22.9 Å². The monoisotopic (exact) mass is 285 g/mol. The molecule has 0 aliphatic heterocycles. The molecule has 0 saturated carbocycles. The summed E-state index contributed by atoms with van der Waals surface area (Å²) < 4.78 is 0. The molecule has 0 radical (unpaired) electrons. The van der Waals surface area contributed by atoms with Gasteiger partial charge in [0.2, 0.25) is 0 Å². The minimum atomic E-state index is -0.0664. The Morgan fingerprint density at radius 3 is 2.76 bits per heavy atom. The lowest BCUT2D eigenvalue weighted by Gasteiger charge is -2.13. The molecule has 0 aliphatic carbocycles. The zero-order chi connectivity index (χ0) is 12.3. The van der Waals surface area contributed by atoms with Crippen LogP contribution >= 0.6 is 34.5 Å². The molecule has 17 heavy (non-hydrogen) atoms. The number of aryl methyl sites for hydroxylation is 1. The van der Waals surface area contributed by atoms with Crippen molar-refractivity contribution >= 4 is 34.5 Å². The first kappa shape index (κ1) is 12.9. The minimum absolute atomic E-state index is 0.0664. The van der Waals surface area contributed by atoms with Crippen LogP contribution in [-0.4, -0.2) is 0 Å². The molecule has 1 heterocycles. The average Bonchev–Trinajstić information content (AvgIpc) is 2.82. The fraction of sp³-hybridized carbons (Fsp3) is 0.231. The third-order valence-electron chi connectivity index (χ3n) is 2.64. The normalized spacial score (nSPS) is 12.6. The molecule has 0 fully saturated rings. The maximum Gasteiger partial charge on any atom is 0.0454 e. The zero-order valence-electron chi connectivity index (χ0n) is 9.20. The van der Waals surface area contributed by atoms with Crippen LogP contribution in [0.4, 0.5) is 0 Å². The van der Waals surface area contributed by atoms with Gasteiger partial charge in [-0.15, -0.1) is 11.3 Å². The Labute approximate surface area is 115 Å². The Balaban J connectivity index is 2.04. The summed E-state index contributed by atoms with van der Waals surface area (Å²) in [6, 6.07) is 9.53. The van der Waals surface area contributed by atoms with E-state index < -0.39 is 0 Å². The van der Waals surface area contributed by atoms with Crippen LogP contribution in [0.15, 0.2) is 35.7 Å². The highest BCUT2D eigenvalue weighted by molar-refractivity contribution is 7.09. The number of hydrogen-bond acceptors (Lipinski definition) is 2. The maximum absolute atomic E-state index is 6.14. The number of halogens is 2. The van der Waals surface area contributed by atoms with Gasteiger partial charge in [-0.25, -0.2) is 0 Å². The summed E-state index contributed by atoms with van der Waals surface area (Å²) >= 11 is 13.8. The molecule has 1 aromatic heterocycles. The van der Waals surface area contributed by atoms with Crippen molar-refractivity contribution < 1.29 is 0 Å². The minimum Gasteiger partial charge on any atom is -0.324 e. The molecular formula is C13H13Cl2NS. The van der Waals surface area contributed by atoms with Crippen molar-refractivity contribution in [2.75, 3.05) is 0 Å². The standard InChI is InChI=1S/C13H13Cl2NS/c14-9-3-5-12(15)11(8-9)13(16)6-4-10-2-1-7-17-10/h1-3,5,7-8,13H,4,6,16H2. The van der Waals surface area contributed by atoms with Gasteiger partial charge in [-0.3, -0.25) is 0 Å². The number of nitrogens with two attached hydrogens (primary N) is 1. The highest BCUT2D eigenvalue weighted by atomic mass is 35.5. The maximum atomic E-state index is 6.14. The van der Waals surface area contributed by atoms with Crippen molar-refractivity contribution in [2.45, 2.75) is 18.9 Å². The van der Waals surface area contributed by atoms with E-state index in [0.29, 0.717) is 10.0 Å². The largest absolute Gasteiger partial charge is 0.324 e. The fourth-order valence-corrected chi connectivity index (χ4v) is 2.87. The summed E-state index contributed by atoms with van der Waals surface area (Å²) in [5, 5.41) is 3.44. The van der Waals surface area contributed by atoms with E-state index in [9.17, 15) is 0 Å². The number of benzene rings is 1. The van der Waals surface area contributed by atoms with Crippen LogP contribution in [0.2, 0.25) is 10.0 Å². The molecule has 2 aromatic rings. The number of thiophene rings is 1. The highest BCUT2D eigenvalue weighted by Crippen LogP contribution is 2.28. The Hall–Kier alpha value is -0.540. The first-order valence-corrected chi connectivity index (χ1v) is 7.03. The molecule has 1 atom stereocenters. The second-order valence-electron chi connectivity index (χ2n) is 3.89. The Morgan fingerprint density at radius 1 is 1.24 bits per heavy atom. The van der Waals surface area contributed by atoms with E-state index in [2.05, 4.69) is 17.5 Å². The van der Waals surface area contributed by atoms with Gasteiger partial charge in [0.1, 0.15) is 0 Å². The summed E-state index contributed by atoms with van der Waals surface area (Å²) in [5.74, 6) is 0. The Morgan fingerprint density at radius 2 is 2.06 bits per heavy atom. The molecule has 0 aliphatic rings. The van der Waals surface area contributed by atoms with Crippen LogP contribution in [0.25, 0.3) is 0 Å². The lowest BCUT2D eigenvalue weighted by atomic mass is 10.0. The van der Waals surface area contributed by atoms with E-state index in [-0.39, 0.29) is 6.04 Å². The van der Waals surface area contributed by atoms with Crippen molar-refractivity contribution in [1.29, 1.82) is 0 Å². The predicted molar refractivity (Wildman–Crippen MR) is 76.0 cm³/mol. The first-order chi connectivity index (χ1) is 8.16. The van der Waals surface area contributed by atoms with E-state index in [4.69, 9.17) is 28.9 Å². The van der Waals surface area contributed by atoms with Gasteiger partial charge in [-0.2, -0.15) is 0 Å². The molecule has 0 saturated heterocycles. The average molecular weight is 286 g/mol. The quantitative estimate of drug-likeness (QED) is 0.867. The second kappa shape index (κ2) is 5.87. The van der Waals surface area contributed by atoms with Gasteiger partial charge < -0.3 is 5.73 Å². The van der Waals surface area contributed by atoms with Crippen molar-refractivity contribution in [3.8, 4) is 0 Å². The molecule has 0 bridgehead atoms. The molecule has 1 aromatic carbocycles. The molecular weight excluding hydrogens is 273 g/mol. The topological polar surface area (TPSA) is 26.0 Å². The van der Waals surface area contributed by atoms with Gasteiger partial charge in [0.25, 0.3) is 0 Å². The van der Waals surface area contributed by atoms with Crippen molar-refractivity contribution in [2.24, 2.45) is 5.73 Å². The number of hydrogen-bond donors (Lipinski definition) is 1. The lowest BCUT2D eigenvalue weighted by Crippen LogP contribution is -2.11. The molecule has 0 amide bonds. The van der Waals surface area contributed by atoms with E-state index in [1.54, 1.807) is 23.5 Å². The summed E-state index contributed by atoms with van der Waals surface area (Å²) in [6.07, 6.45) is 1.85. The molecule has 2 rings (SSSR count). The van der Waals surface area contributed by atoms with Crippen LogP contribution in [-0.2, 0) is 6.42 Å². The Bertz CT molecular complexity index is 482. The van der Waals surface area contributed by atoms with Crippen molar-refractivity contribution in [3.63, 3.8) is 0 Å². The first-order valence-electron chi connectivity index (χ1n) is 5.39. The van der Waals surface area contributed by atoms with Gasteiger partial charge in [0.05, 0.1) is 0 Å². The lowest BCUT2D eigenvalue weighted by molar-refractivity contribution is 0.656. The third kappa shape index (κ3) is 3.46. The summed E-state index contributed by atoms with van der Waals surface area (Å²) in [5.41, 5.74) is 7.07. The van der Waals surface area contributed by atoms with Gasteiger partial charge in [-0.1, -0.05) is 29.3 Å². The molecule has 4 heteroatoms. The van der Waals surface area contributed by atoms with Gasteiger partial charge in [0.15, 0.2) is 0 Å². The SMILES string of the molecule is NC(CCc1cccs1)c1cc(Cl)ccc1Cl. The molecule has 2 N–H and O–H groups in total. The van der Waals surface area contributed by atoms with Gasteiger partial charge in [0, 0.05) is 21.0 Å². The molecule has 1 unspecified atom stereocenters. The summed E-state index contributed by atoms with van der Waals surface area (Å²) in [6.45, 7) is 0. The zero-order valence-corrected chi connectivity index (χ0v) is 11.5. The van der Waals surface area contributed by atoms with Crippen LogP contribution < -0.4 is 5.73 Å². The summed E-state index contributed by atoms with van der Waals surface area (Å²) in [4.78, 5) is 1.35. The smallest absolute Gasteiger partial charge is 0.0454 e. The van der Waals surface area contributed by atoms with E-state index in [1.165, 1.54) is 4.88 Å². The fourth-order valence-electron chi connectivity index (χ4n) is 1.71. The van der Waals surface area contributed by atoms with E-state index in [0.717, 1.165) is 18.4 Å². The van der Waals surface area contributed by atoms with Crippen molar-refractivity contribution in [1.82, 2.24) is 0 Å². The molecule has 1 nitrogen and oxygen atoms in total. The van der Waals surface area contributed by atoms with Gasteiger partial charge >= 0.3 is 0 Å². The Kier molecular flexibility index (Phi) is 4.46. The highest BCUT2D eigenvalue weighted by Gasteiger charge is 2.11. The van der Waals surface area contributed by atoms with Crippen LogP contribution in [0, 0.1) is 0 Å². The predicted octanol–water partition coefficient (Wildman–Crippen LogP) is 4.69. The third-order valence-corrected chi connectivity index (χ3v) is 4.15. The molecule has 0 spiro atoms. The van der Waals surface area contributed by atoms with Crippen LogP contribution in [0.5, 0.6) is 0 Å². The number of rotatable bonds is 4. The van der Waals surface area contributed by atoms with E-state index in [1.807, 2.05) is 6.07 Å². The second-order valence-corrected chi connectivity index (χ2v) is 5.77.